The summed E-state index contributed by atoms with van der Waals surface area (Å²) in [4.78, 5) is 8.26. The Bertz CT molecular complexity index is 812. The molecule has 0 saturated carbocycles. The Hall–Kier alpha value is -2.79. The van der Waals surface area contributed by atoms with Crippen molar-refractivity contribution in [3.63, 3.8) is 0 Å². The fraction of sp³-hybridized carbons (Fsp3) is 0.0588. The molecule has 0 spiro atoms. The largest absolute Gasteiger partial charge is 2.00 e. The van der Waals surface area contributed by atoms with Gasteiger partial charge >= 0.3 is 21.1 Å². The van der Waals surface area contributed by atoms with Crippen molar-refractivity contribution in [1.29, 1.82) is 0 Å². The molecule has 0 aliphatic rings. The number of pyridine rings is 2. The Kier molecular flexibility index (Phi) is 6.60. The van der Waals surface area contributed by atoms with Gasteiger partial charge in [0.2, 0.25) is 0 Å². The van der Waals surface area contributed by atoms with Crippen LogP contribution in [0.15, 0.2) is 60.9 Å². The normalized spacial score (nSPS) is 9.64. The van der Waals surface area contributed by atoms with Gasteiger partial charge in [-0.05, 0) is 37.3 Å². The van der Waals surface area contributed by atoms with Crippen molar-refractivity contribution in [2.24, 2.45) is 0 Å². The number of nitrogen functional groups attached to an aromatic ring is 1. The first-order valence-electron chi connectivity index (χ1n) is 7.28. The van der Waals surface area contributed by atoms with Crippen molar-refractivity contribution in [3.8, 4) is 22.8 Å². The van der Waals surface area contributed by atoms with E-state index in [1.54, 1.807) is 18.5 Å². The van der Waals surface area contributed by atoms with Gasteiger partial charge in [0.05, 0.1) is 0 Å². The van der Waals surface area contributed by atoms with Crippen LogP contribution in [-0.2, 0) is 21.1 Å². The number of nitrogens with zero attached hydrogens (tertiary/aromatic N) is 6. The van der Waals surface area contributed by atoms with Crippen LogP contribution in [0.25, 0.3) is 22.8 Å². The second-order valence-corrected chi connectivity index (χ2v) is 4.96. The fourth-order valence-electron chi connectivity index (χ4n) is 1.98. The van der Waals surface area contributed by atoms with Crippen LogP contribution >= 0.6 is 0 Å². The second kappa shape index (κ2) is 8.89. The number of hydrogen-bond donors (Lipinski definition) is 1. The zero-order chi connectivity index (χ0) is 16.8. The van der Waals surface area contributed by atoms with E-state index in [-0.39, 0.29) is 21.1 Å². The molecule has 0 bridgehead atoms. The van der Waals surface area contributed by atoms with Crippen molar-refractivity contribution in [2.45, 2.75) is 6.92 Å². The first-order valence-corrected chi connectivity index (χ1v) is 7.28. The van der Waals surface area contributed by atoms with Crippen molar-refractivity contribution < 1.29 is 21.1 Å². The third-order valence-corrected chi connectivity index (χ3v) is 3.07. The van der Waals surface area contributed by atoms with Crippen molar-refractivity contribution in [3.05, 3.63) is 66.6 Å². The maximum Gasteiger partial charge on any atom is 2.00 e. The molecule has 25 heavy (non-hydrogen) atoms. The van der Waals surface area contributed by atoms with Gasteiger partial charge in [0.1, 0.15) is 5.82 Å². The third kappa shape index (κ3) is 5.09. The Balaban J connectivity index is 0.000000173. The van der Waals surface area contributed by atoms with E-state index in [9.17, 15) is 0 Å². The van der Waals surface area contributed by atoms with Crippen molar-refractivity contribution in [1.82, 2.24) is 30.4 Å². The molecule has 4 aromatic heterocycles. The molecule has 0 unspecified atom stereocenters. The summed E-state index contributed by atoms with van der Waals surface area (Å²) in [5.41, 5.74) is 9.56. The molecule has 4 heterocycles. The summed E-state index contributed by atoms with van der Waals surface area (Å²) < 4.78 is 0. The molecule has 0 aliphatic carbocycles. The summed E-state index contributed by atoms with van der Waals surface area (Å²) in [5.74, 6) is 0.427. The molecule has 0 radical (unpaired) electrons. The molecule has 2 N–H and O–H groups in total. The summed E-state index contributed by atoms with van der Waals surface area (Å²) in [6.45, 7) is 1.92. The standard InChI is InChI=1S/C9H8N3.C8H7N4.Pt/c1-7-6-9(12-11-7)8-4-2-3-5-10-8;9-8-5-7(11-12-8)6-3-1-2-4-10-6;/h2-6H,1H3;1-5H,(H2-,9,11,12);/q2*-1;+2. The van der Waals surface area contributed by atoms with E-state index in [1.165, 1.54) is 0 Å². The molecule has 4 rings (SSSR count). The van der Waals surface area contributed by atoms with Crippen LogP contribution in [0.2, 0.25) is 0 Å². The quantitative estimate of drug-likeness (QED) is 0.439. The zero-order valence-electron chi connectivity index (χ0n) is 13.4. The summed E-state index contributed by atoms with van der Waals surface area (Å²) in [6, 6.07) is 15.0. The van der Waals surface area contributed by atoms with Crippen LogP contribution in [0.5, 0.6) is 0 Å². The van der Waals surface area contributed by atoms with Gasteiger partial charge in [0, 0.05) is 29.5 Å². The minimum absolute atomic E-state index is 0. The first kappa shape index (κ1) is 18.5. The van der Waals surface area contributed by atoms with Gasteiger partial charge in [-0.1, -0.05) is 29.6 Å². The average Bonchev–Trinajstić information content (AvgIpc) is 3.26. The minimum Gasteiger partial charge on any atom is -0.574 e. The zero-order valence-corrected chi connectivity index (χ0v) is 15.6. The molecule has 128 valence electrons. The molecular weight excluding hydrogens is 497 g/mol. The van der Waals surface area contributed by atoms with Gasteiger partial charge in [-0.15, -0.1) is 0 Å². The van der Waals surface area contributed by atoms with Crippen LogP contribution < -0.4 is 15.9 Å². The number of nitrogens with two attached hydrogens (primary N) is 1. The summed E-state index contributed by atoms with van der Waals surface area (Å²) in [6.07, 6.45) is 3.46. The average molecular weight is 512 g/mol. The fourth-order valence-corrected chi connectivity index (χ4v) is 1.98. The van der Waals surface area contributed by atoms with Crippen LogP contribution in [-0.4, -0.2) is 20.2 Å². The summed E-state index contributed by atoms with van der Waals surface area (Å²) >= 11 is 0. The van der Waals surface area contributed by atoms with Crippen LogP contribution in [0.1, 0.15) is 5.69 Å². The Labute approximate surface area is 159 Å². The van der Waals surface area contributed by atoms with E-state index in [1.807, 2.05) is 49.4 Å². The van der Waals surface area contributed by atoms with E-state index in [2.05, 4.69) is 30.4 Å². The predicted octanol–water partition coefficient (Wildman–Crippen LogP) is 2.09. The number of hydrogen-bond acceptors (Lipinski definition) is 5. The van der Waals surface area contributed by atoms with Crippen LogP contribution in [0.4, 0.5) is 5.82 Å². The molecule has 8 heteroatoms. The molecule has 4 aromatic rings. The summed E-state index contributed by atoms with van der Waals surface area (Å²) in [5, 5.41) is 15.4. The second-order valence-electron chi connectivity index (χ2n) is 4.96. The number of rotatable bonds is 2. The Morgan fingerprint density at radius 1 is 0.800 bits per heavy atom. The molecule has 0 aromatic carbocycles. The van der Waals surface area contributed by atoms with Gasteiger partial charge in [-0.2, -0.15) is 0 Å². The van der Waals surface area contributed by atoms with E-state index < -0.39 is 0 Å². The third-order valence-electron chi connectivity index (χ3n) is 3.07. The van der Waals surface area contributed by atoms with Gasteiger partial charge in [-0.25, -0.2) is 0 Å². The SMILES string of the molecule is Cc1cc(-c2ccccn2)[n-]n1.Nc1cc(-c2ccccn2)[n-]n1.[Pt+2]. The number of aryl methyl sites for hydroxylation is 1. The number of aromatic nitrogens is 6. The minimum atomic E-state index is 0. The molecule has 0 amide bonds. The molecule has 0 atom stereocenters. The number of anilines is 1. The molecule has 0 aliphatic heterocycles. The predicted molar refractivity (Wildman–Crippen MR) is 90.7 cm³/mol. The van der Waals surface area contributed by atoms with E-state index >= 15 is 0 Å². The smallest absolute Gasteiger partial charge is 0.574 e. The molecule has 0 saturated heterocycles. The maximum atomic E-state index is 5.41. The van der Waals surface area contributed by atoms with E-state index in [4.69, 9.17) is 5.73 Å². The van der Waals surface area contributed by atoms with E-state index in [0.29, 0.717) is 11.5 Å². The Morgan fingerprint density at radius 2 is 1.36 bits per heavy atom. The first-order chi connectivity index (χ1) is 11.7. The van der Waals surface area contributed by atoms with Gasteiger partial charge in [-0.3, -0.25) is 9.97 Å². The molecular formula is C17H15N7Pt. The molecule has 0 fully saturated rings. The van der Waals surface area contributed by atoms with E-state index in [0.717, 1.165) is 22.8 Å². The van der Waals surface area contributed by atoms with Crippen molar-refractivity contribution >= 4 is 5.82 Å². The summed E-state index contributed by atoms with van der Waals surface area (Å²) in [7, 11) is 0. The van der Waals surface area contributed by atoms with Gasteiger partial charge in [0.25, 0.3) is 0 Å². The Morgan fingerprint density at radius 3 is 1.76 bits per heavy atom. The van der Waals surface area contributed by atoms with Crippen LogP contribution in [0, 0.1) is 6.92 Å². The van der Waals surface area contributed by atoms with Crippen LogP contribution in [0.3, 0.4) is 0 Å². The molecule has 7 nitrogen and oxygen atoms in total. The van der Waals surface area contributed by atoms with Gasteiger partial charge < -0.3 is 26.1 Å². The topological polar surface area (TPSA) is 106 Å². The van der Waals surface area contributed by atoms with Crippen molar-refractivity contribution in [2.75, 3.05) is 5.73 Å². The monoisotopic (exact) mass is 512 g/mol. The maximum absolute atomic E-state index is 5.41. The van der Waals surface area contributed by atoms with Gasteiger partial charge in [0.15, 0.2) is 0 Å².